The van der Waals surface area contributed by atoms with Gasteiger partial charge in [0.05, 0.1) is 0 Å². The smallest absolute Gasteiger partial charge is 0.279 e. The Bertz CT molecular complexity index is 361. The SMILES string of the molecule is CC(C)NS(=O)(=O)N1CCC2(CCNCC2)C1. The molecule has 5 nitrogen and oxygen atoms in total. The molecular weight excluding hydrogens is 238 g/mol. The molecule has 2 rings (SSSR count). The minimum absolute atomic E-state index is 0.0374. The number of hydrogen-bond acceptors (Lipinski definition) is 3. The van der Waals surface area contributed by atoms with Gasteiger partial charge in [-0.3, -0.25) is 0 Å². The molecule has 0 atom stereocenters. The van der Waals surface area contributed by atoms with E-state index in [-0.39, 0.29) is 11.5 Å². The van der Waals surface area contributed by atoms with Gasteiger partial charge in [0.25, 0.3) is 10.2 Å². The lowest BCUT2D eigenvalue weighted by Crippen LogP contribution is -2.45. The summed E-state index contributed by atoms with van der Waals surface area (Å²) in [6.45, 7) is 7.11. The van der Waals surface area contributed by atoms with Crippen LogP contribution in [-0.2, 0) is 10.2 Å². The van der Waals surface area contributed by atoms with Gasteiger partial charge in [-0.1, -0.05) is 0 Å². The minimum Gasteiger partial charge on any atom is -0.317 e. The highest BCUT2D eigenvalue weighted by atomic mass is 32.2. The molecule has 0 aliphatic carbocycles. The van der Waals surface area contributed by atoms with E-state index in [0.717, 1.165) is 32.4 Å². The quantitative estimate of drug-likeness (QED) is 0.768. The fourth-order valence-electron chi connectivity index (χ4n) is 2.84. The fourth-order valence-corrected chi connectivity index (χ4v) is 4.36. The number of piperidine rings is 1. The van der Waals surface area contributed by atoms with E-state index < -0.39 is 10.2 Å². The Labute approximate surface area is 104 Å². The zero-order chi connectivity index (χ0) is 12.5. The van der Waals surface area contributed by atoms with Crippen molar-refractivity contribution in [3.05, 3.63) is 0 Å². The van der Waals surface area contributed by atoms with Crippen LogP contribution in [0.1, 0.15) is 33.1 Å². The molecule has 0 aromatic carbocycles. The Morgan fingerprint density at radius 2 is 1.88 bits per heavy atom. The molecule has 0 amide bonds. The Hall–Kier alpha value is -0.170. The average molecular weight is 261 g/mol. The van der Waals surface area contributed by atoms with Crippen LogP contribution in [0.25, 0.3) is 0 Å². The lowest BCUT2D eigenvalue weighted by Gasteiger charge is -2.33. The van der Waals surface area contributed by atoms with Crippen molar-refractivity contribution >= 4 is 10.2 Å². The van der Waals surface area contributed by atoms with E-state index in [1.54, 1.807) is 4.31 Å². The molecule has 2 heterocycles. The van der Waals surface area contributed by atoms with E-state index in [0.29, 0.717) is 13.1 Å². The largest absolute Gasteiger partial charge is 0.317 e. The summed E-state index contributed by atoms with van der Waals surface area (Å²) in [4.78, 5) is 0. The second-order valence-electron chi connectivity index (χ2n) is 5.61. The molecule has 0 radical (unpaired) electrons. The van der Waals surface area contributed by atoms with Gasteiger partial charge in [0, 0.05) is 19.1 Å². The second-order valence-corrected chi connectivity index (χ2v) is 7.31. The third-order valence-electron chi connectivity index (χ3n) is 3.79. The monoisotopic (exact) mass is 261 g/mol. The van der Waals surface area contributed by atoms with Gasteiger partial charge in [0.2, 0.25) is 0 Å². The number of rotatable bonds is 3. The van der Waals surface area contributed by atoms with Crippen molar-refractivity contribution in [3.8, 4) is 0 Å². The first-order valence-corrected chi connectivity index (χ1v) is 7.86. The van der Waals surface area contributed by atoms with E-state index in [9.17, 15) is 8.42 Å². The normalized spacial score (nSPS) is 25.8. The van der Waals surface area contributed by atoms with Crippen LogP contribution >= 0.6 is 0 Å². The van der Waals surface area contributed by atoms with Crippen molar-refractivity contribution < 1.29 is 8.42 Å². The van der Waals surface area contributed by atoms with E-state index in [1.807, 2.05) is 13.8 Å². The summed E-state index contributed by atoms with van der Waals surface area (Å²) in [6, 6.07) is -0.0374. The van der Waals surface area contributed by atoms with Gasteiger partial charge in [-0.15, -0.1) is 0 Å². The van der Waals surface area contributed by atoms with E-state index in [1.165, 1.54) is 0 Å². The van der Waals surface area contributed by atoms with E-state index in [2.05, 4.69) is 10.0 Å². The fraction of sp³-hybridized carbons (Fsp3) is 1.00. The van der Waals surface area contributed by atoms with Crippen molar-refractivity contribution in [2.75, 3.05) is 26.2 Å². The summed E-state index contributed by atoms with van der Waals surface area (Å²) in [5.41, 5.74) is 0.233. The lowest BCUT2D eigenvalue weighted by molar-refractivity contribution is 0.218. The van der Waals surface area contributed by atoms with Gasteiger partial charge in [-0.2, -0.15) is 17.4 Å². The minimum atomic E-state index is -3.27. The third-order valence-corrected chi connectivity index (χ3v) is 5.55. The van der Waals surface area contributed by atoms with Gasteiger partial charge in [0.1, 0.15) is 0 Å². The molecule has 2 saturated heterocycles. The lowest BCUT2D eigenvalue weighted by atomic mass is 9.78. The molecule has 1 spiro atoms. The predicted octanol–water partition coefficient (Wildman–Crippen LogP) is 0.305. The maximum Gasteiger partial charge on any atom is 0.279 e. The molecule has 0 saturated carbocycles. The summed E-state index contributed by atoms with van der Waals surface area (Å²) in [6.07, 6.45) is 3.20. The summed E-state index contributed by atoms with van der Waals surface area (Å²) < 4.78 is 28.4. The first-order valence-electron chi connectivity index (χ1n) is 6.42. The van der Waals surface area contributed by atoms with Crippen LogP contribution in [-0.4, -0.2) is 44.9 Å². The first kappa shape index (κ1) is 13.3. The average Bonchev–Trinajstić information content (AvgIpc) is 2.62. The highest BCUT2D eigenvalue weighted by Crippen LogP contribution is 2.39. The van der Waals surface area contributed by atoms with Crippen molar-refractivity contribution in [1.82, 2.24) is 14.3 Å². The summed E-state index contributed by atoms with van der Waals surface area (Å²) in [5.74, 6) is 0. The number of nitrogens with zero attached hydrogens (tertiary/aromatic N) is 1. The molecule has 2 aliphatic heterocycles. The van der Waals surface area contributed by atoms with Gasteiger partial charge in [-0.25, -0.2) is 0 Å². The third kappa shape index (κ3) is 2.99. The zero-order valence-electron chi connectivity index (χ0n) is 10.7. The van der Waals surface area contributed by atoms with Crippen molar-refractivity contribution in [1.29, 1.82) is 0 Å². The van der Waals surface area contributed by atoms with Crippen LogP contribution in [0, 0.1) is 5.41 Å². The van der Waals surface area contributed by atoms with Crippen molar-refractivity contribution in [3.63, 3.8) is 0 Å². The molecule has 0 aromatic heterocycles. The summed E-state index contributed by atoms with van der Waals surface area (Å²) in [5, 5.41) is 3.34. The molecule has 6 heteroatoms. The van der Waals surface area contributed by atoms with E-state index >= 15 is 0 Å². The second kappa shape index (κ2) is 4.84. The molecule has 0 bridgehead atoms. The number of hydrogen-bond donors (Lipinski definition) is 2. The van der Waals surface area contributed by atoms with Gasteiger partial charge in [0.15, 0.2) is 0 Å². The maximum atomic E-state index is 12.1. The summed E-state index contributed by atoms with van der Waals surface area (Å²) >= 11 is 0. The Kier molecular flexibility index (Phi) is 3.77. The van der Waals surface area contributed by atoms with E-state index in [4.69, 9.17) is 0 Å². The van der Waals surface area contributed by atoms with Crippen molar-refractivity contribution in [2.24, 2.45) is 5.41 Å². The molecule has 0 aromatic rings. The van der Waals surface area contributed by atoms with Crippen LogP contribution in [0.3, 0.4) is 0 Å². The van der Waals surface area contributed by atoms with Crippen LogP contribution < -0.4 is 10.0 Å². The van der Waals surface area contributed by atoms with Crippen molar-refractivity contribution in [2.45, 2.75) is 39.2 Å². The van der Waals surface area contributed by atoms with Crippen LogP contribution in [0.15, 0.2) is 0 Å². The molecule has 17 heavy (non-hydrogen) atoms. The molecular formula is C11H23N3O2S. The van der Waals surface area contributed by atoms with Crippen LogP contribution in [0.5, 0.6) is 0 Å². The Morgan fingerprint density at radius 1 is 1.24 bits per heavy atom. The van der Waals surface area contributed by atoms with Crippen LogP contribution in [0.2, 0.25) is 0 Å². The zero-order valence-corrected chi connectivity index (χ0v) is 11.5. The molecule has 2 fully saturated rings. The number of nitrogens with one attached hydrogen (secondary N) is 2. The van der Waals surface area contributed by atoms with Gasteiger partial charge in [-0.05, 0) is 51.6 Å². The highest BCUT2D eigenvalue weighted by molar-refractivity contribution is 7.87. The highest BCUT2D eigenvalue weighted by Gasteiger charge is 2.42. The molecule has 100 valence electrons. The summed E-state index contributed by atoms with van der Waals surface area (Å²) in [7, 11) is -3.27. The Balaban J connectivity index is 2.01. The van der Waals surface area contributed by atoms with Gasteiger partial charge < -0.3 is 5.32 Å². The predicted molar refractivity (Wildman–Crippen MR) is 67.9 cm³/mol. The first-order chi connectivity index (χ1) is 7.94. The maximum absolute atomic E-state index is 12.1. The Morgan fingerprint density at radius 3 is 2.47 bits per heavy atom. The van der Waals surface area contributed by atoms with Gasteiger partial charge >= 0.3 is 0 Å². The molecule has 2 aliphatic rings. The topological polar surface area (TPSA) is 61.4 Å². The standard InChI is InChI=1S/C11H23N3O2S/c1-10(2)13-17(15,16)14-8-5-11(9-14)3-6-12-7-4-11/h10,12-13H,3-9H2,1-2H3. The van der Waals surface area contributed by atoms with Crippen LogP contribution in [0.4, 0.5) is 0 Å². The molecule has 2 N–H and O–H groups in total. The molecule has 0 unspecified atom stereocenters.